The minimum Gasteiger partial charge on any atom is -0.425 e. The maximum Gasteiger partial charge on any atom is 0.358 e. The highest BCUT2D eigenvalue weighted by Crippen LogP contribution is 2.41. The Labute approximate surface area is 215 Å². The highest BCUT2D eigenvalue weighted by molar-refractivity contribution is 8.00. The Kier molecular flexibility index (Phi) is 8.26. The van der Waals surface area contributed by atoms with Crippen molar-refractivity contribution >= 4 is 57.7 Å². The molecule has 0 spiro atoms. The van der Waals surface area contributed by atoms with E-state index in [4.69, 9.17) is 19.9 Å². The number of nitrogens with one attached hydrogen (secondary N) is 1. The number of carbonyl (C=O) groups is 4. The van der Waals surface area contributed by atoms with Gasteiger partial charge in [-0.25, -0.2) is 9.78 Å². The summed E-state index contributed by atoms with van der Waals surface area (Å²) in [5.74, 6) is -2.51. The summed E-state index contributed by atoms with van der Waals surface area (Å²) in [6, 6.07) is -1.00. The molecule has 0 aliphatic carbocycles. The molecule has 2 aliphatic rings. The first-order valence-electron chi connectivity index (χ1n) is 10.7. The number of fused-ring (bicyclic) bond motifs is 1. The number of rotatable bonds is 8. The summed E-state index contributed by atoms with van der Waals surface area (Å²) in [5.41, 5.74) is 4.90. The first-order chi connectivity index (χ1) is 16.9. The van der Waals surface area contributed by atoms with Crippen LogP contribution in [-0.4, -0.2) is 81.7 Å². The molecule has 0 aromatic carbocycles. The number of nitrogens with zero attached hydrogens (tertiary/aromatic N) is 3. The van der Waals surface area contributed by atoms with Gasteiger partial charge in [-0.1, -0.05) is 5.16 Å². The zero-order valence-corrected chi connectivity index (χ0v) is 21.9. The van der Waals surface area contributed by atoms with Gasteiger partial charge < -0.3 is 30.5 Å². The van der Waals surface area contributed by atoms with Crippen molar-refractivity contribution in [3.8, 4) is 0 Å². The van der Waals surface area contributed by atoms with Crippen molar-refractivity contribution in [3.05, 3.63) is 22.3 Å². The molecule has 3 heterocycles. The van der Waals surface area contributed by atoms with E-state index in [0.29, 0.717) is 11.3 Å². The number of thiazole rings is 1. The summed E-state index contributed by atoms with van der Waals surface area (Å²) in [7, 11) is 1.45. The Hall–Kier alpha value is -3.17. The molecule has 2 amide bonds. The first kappa shape index (κ1) is 27.4. The maximum atomic E-state index is 13.0. The first-order valence-corrected chi connectivity index (χ1v) is 12.6. The molecule has 36 heavy (non-hydrogen) atoms. The molecule has 1 aromatic heterocycles. The zero-order chi connectivity index (χ0) is 26.8. The van der Waals surface area contributed by atoms with E-state index in [1.54, 1.807) is 20.8 Å². The van der Waals surface area contributed by atoms with Crippen molar-refractivity contribution in [2.45, 2.75) is 45.4 Å². The summed E-state index contributed by atoms with van der Waals surface area (Å²) in [6.45, 7) is 6.45. The molecule has 1 unspecified atom stereocenters. The number of amides is 2. The molecule has 15 heteroatoms. The van der Waals surface area contributed by atoms with Gasteiger partial charge in [-0.05, 0) is 26.3 Å². The van der Waals surface area contributed by atoms with Crippen molar-refractivity contribution in [2.24, 2.45) is 10.6 Å². The van der Waals surface area contributed by atoms with Gasteiger partial charge in [0.2, 0.25) is 6.29 Å². The minimum absolute atomic E-state index is 0.0296. The van der Waals surface area contributed by atoms with Crippen LogP contribution < -0.4 is 11.1 Å². The Morgan fingerprint density at radius 2 is 2.06 bits per heavy atom. The summed E-state index contributed by atoms with van der Waals surface area (Å²) >= 11 is 2.37. The second-order valence-corrected chi connectivity index (χ2v) is 10.9. The highest BCUT2D eigenvalue weighted by atomic mass is 32.2. The quantitative estimate of drug-likeness (QED) is 0.105. The van der Waals surface area contributed by atoms with E-state index in [0.717, 1.165) is 11.3 Å². The number of oxime groups is 1. The molecule has 0 saturated carbocycles. The number of thioether (sulfide) groups is 1. The lowest BCUT2D eigenvalue weighted by atomic mass is 9.97. The van der Waals surface area contributed by atoms with Gasteiger partial charge in [-0.3, -0.25) is 19.3 Å². The van der Waals surface area contributed by atoms with Crippen molar-refractivity contribution < 1.29 is 38.6 Å². The van der Waals surface area contributed by atoms with Gasteiger partial charge in [0.15, 0.2) is 10.8 Å². The second-order valence-electron chi connectivity index (χ2n) is 8.89. The highest BCUT2D eigenvalue weighted by Gasteiger charge is 2.55. The van der Waals surface area contributed by atoms with E-state index >= 15 is 0 Å². The van der Waals surface area contributed by atoms with Crippen LogP contribution in [-0.2, 0) is 33.4 Å². The third kappa shape index (κ3) is 5.63. The molecule has 3 atom stereocenters. The normalized spacial score (nSPS) is 20.9. The third-order valence-corrected chi connectivity index (χ3v) is 7.10. The predicted octanol–water partition coefficient (Wildman–Crippen LogP) is 0.683. The van der Waals surface area contributed by atoms with Crippen molar-refractivity contribution in [3.63, 3.8) is 0 Å². The van der Waals surface area contributed by atoms with Crippen LogP contribution in [0, 0.1) is 5.41 Å². The molecule has 4 N–H and O–H groups in total. The number of hydrogen-bond donors (Lipinski definition) is 3. The molecular weight excluding hydrogens is 514 g/mol. The number of nitrogens with two attached hydrogens (primary N) is 1. The van der Waals surface area contributed by atoms with E-state index in [1.165, 1.54) is 36.1 Å². The number of hydrogen-bond acceptors (Lipinski definition) is 13. The summed E-state index contributed by atoms with van der Waals surface area (Å²) in [4.78, 5) is 56.0. The third-order valence-electron chi connectivity index (χ3n) is 5.08. The molecule has 3 rings (SSSR count). The Bertz CT molecular complexity index is 1130. The topological polar surface area (TPSA) is 183 Å². The number of anilines is 1. The monoisotopic (exact) mass is 541 g/mol. The van der Waals surface area contributed by atoms with Crippen LogP contribution >= 0.6 is 23.1 Å². The van der Waals surface area contributed by atoms with E-state index in [-0.39, 0.29) is 23.1 Å². The van der Waals surface area contributed by atoms with Gasteiger partial charge in [-0.15, -0.1) is 23.1 Å². The van der Waals surface area contributed by atoms with Crippen molar-refractivity contribution in [1.29, 1.82) is 0 Å². The van der Waals surface area contributed by atoms with E-state index in [1.807, 2.05) is 0 Å². The zero-order valence-electron chi connectivity index (χ0n) is 20.3. The van der Waals surface area contributed by atoms with Crippen LogP contribution in [0.5, 0.6) is 0 Å². The molecule has 0 bridgehead atoms. The van der Waals surface area contributed by atoms with Gasteiger partial charge in [0.25, 0.3) is 11.8 Å². The summed E-state index contributed by atoms with van der Waals surface area (Å²) < 4.78 is 15.7. The van der Waals surface area contributed by atoms with Crippen molar-refractivity contribution in [2.75, 3.05) is 25.2 Å². The minimum atomic E-state index is -1.20. The summed E-state index contributed by atoms with van der Waals surface area (Å²) in [5, 5.41) is 15.8. The fraction of sp³-hybridized carbons (Fsp3) is 0.524. The molecule has 0 radical (unpaired) electrons. The molecular formula is C21H27N5O8S2. The fourth-order valence-corrected chi connectivity index (χ4v) is 5.21. The SMILES string of the molecule is COCC1=C(C(=O)OC(C)OC(=O)C(C)(C)C)N2C(=O)[C@@H](NC(=O)/C(=N\O)c3csc(N)n3)[C@H]2SC1. The molecule has 1 aromatic rings. The molecule has 1 saturated heterocycles. The second kappa shape index (κ2) is 10.8. The van der Waals surface area contributed by atoms with Gasteiger partial charge in [0.05, 0.1) is 12.0 Å². The standard InChI is InChI=1S/C21H27N5O8S2/c1-9(34-19(30)21(2,3)4)33-18(29)14-10(6-32-5)7-35-17-13(16(28)26(14)17)24-15(27)12(25-31)11-8-36-20(22)23-11/h8-9,13,17,31H,6-7H2,1-5H3,(H2,22,23)(H,24,27)/b25-12-/t9?,13-,17-/m1/s1. The van der Waals surface area contributed by atoms with E-state index < -0.39 is 52.6 Å². The molecule has 2 aliphatic heterocycles. The molecule has 13 nitrogen and oxygen atoms in total. The number of ether oxygens (including phenoxy) is 3. The lowest BCUT2D eigenvalue weighted by Gasteiger charge is -2.49. The Morgan fingerprint density at radius 3 is 2.61 bits per heavy atom. The average molecular weight is 542 g/mol. The number of methoxy groups -OCH3 is 1. The molecule has 1 fully saturated rings. The van der Waals surface area contributed by atoms with Crippen LogP contribution in [0.25, 0.3) is 0 Å². The summed E-state index contributed by atoms with van der Waals surface area (Å²) in [6.07, 6.45) is -1.20. The van der Waals surface area contributed by atoms with Crippen LogP contribution in [0.2, 0.25) is 0 Å². The number of aromatic nitrogens is 1. The van der Waals surface area contributed by atoms with Gasteiger partial charge in [0, 0.05) is 25.2 Å². The van der Waals surface area contributed by atoms with Gasteiger partial charge >= 0.3 is 11.9 Å². The van der Waals surface area contributed by atoms with Crippen LogP contribution in [0.1, 0.15) is 33.4 Å². The van der Waals surface area contributed by atoms with Gasteiger partial charge in [-0.2, -0.15) is 0 Å². The fourth-order valence-electron chi connectivity index (χ4n) is 3.33. The van der Waals surface area contributed by atoms with E-state index in [9.17, 15) is 24.4 Å². The number of nitrogen functional groups attached to an aromatic ring is 1. The number of β-lactam (4-membered cyclic amide) rings is 1. The lowest BCUT2D eigenvalue weighted by Crippen LogP contribution is -2.71. The van der Waals surface area contributed by atoms with Gasteiger partial charge in [0.1, 0.15) is 22.8 Å². The largest absolute Gasteiger partial charge is 0.425 e. The molecule has 196 valence electrons. The lowest BCUT2D eigenvalue weighted by molar-refractivity contribution is -0.190. The Morgan fingerprint density at radius 1 is 1.36 bits per heavy atom. The van der Waals surface area contributed by atoms with Crippen molar-refractivity contribution in [1.82, 2.24) is 15.2 Å². The maximum absolute atomic E-state index is 13.0. The van der Waals surface area contributed by atoms with Crippen LogP contribution in [0.3, 0.4) is 0 Å². The van der Waals surface area contributed by atoms with E-state index in [2.05, 4.69) is 15.5 Å². The average Bonchev–Trinajstić information content (AvgIpc) is 3.22. The number of esters is 2. The number of carbonyl (C=O) groups excluding carboxylic acids is 4. The van der Waals surface area contributed by atoms with Crippen LogP contribution in [0.4, 0.5) is 5.13 Å². The Balaban J connectivity index is 1.75. The smallest absolute Gasteiger partial charge is 0.358 e. The predicted molar refractivity (Wildman–Crippen MR) is 130 cm³/mol. The van der Waals surface area contributed by atoms with Crippen LogP contribution in [0.15, 0.2) is 21.8 Å².